The monoisotopic (exact) mass is 349 g/mol. The number of rotatable bonds is 8. The Hall–Kier alpha value is -2.29. The largest absolute Gasteiger partial charge is 0.383 e. The topological polar surface area (TPSA) is 97.4 Å². The fourth-order valence-corrected chi connectivity index (χ4v) is 3.00. The molecule has 0 bridgehead atoms. The quantitative estimate of drug-likeness (QED) is 0.691. The maximum atomic E-state index is 12.4. The van der Waals surface area contributed by atoms with Gasteiger partial charge in [0.25, 0.3) is 5.91 Å². The number of ether oxygens (including phenoxy) is 1. The molecule has 1 aromatic carbocycles. The number of hydrogen-bond donors (Lipinski definition) is 2. The molecule has 2 rings (SSSR count). The number of methoxy groups -OCH3 is 1. The number of carbonyl (C=O) groups excluding carboxylic acids is 1. The molecule has 2 aromatic rings. The van der Waals surface area contributed by atoms with E-state index in [0.29, 0.717) is 13.2 Å². The Morgan fingerprint density at radius 2 is 2.08 bits per heavy atom. The highest BCUT2D eigenvalue weighted by Crippen LogP contribution is 2.12. The zero-order valence-corrected chi connectivity index (χ0v) is 14.0. The van der Waals surface area contributed by atoms with Gasteiger partial charge in [0.15, 0.2) is 0 Å². The number of hydrogen-bond acceptors (Lipinski definition) is 5. The Morgan fingerprint density at radius 3 is 2.79 bits per heavy atom. The highest BCUT2D eigenvalue weighted by molar-refractivity contribution is 7.89. The standard InChI is InChI=1S/C16H19N3O4S/c1-23-9-8-18-16(20)14-5-2-6-15(10-14)24(21,22)19-12-13-4-3-7-17-11-13/h2-7,10-11,19H,8-9,12H2,1H3,(H,18,20). The van der Waals surface area contributed by atoms with Crippen LogP contribution in [-0.2, 0) is 21.3 Å². The second-order valence-corrected chi connectivity index (χ2v) is 6.73. The summed E-state index contributed by atoms with van der Waals surface area (Å²) in [4.78, 5) is 16.0. The van der Waals surface area contributed by atoms with Crippen molar-refractivity contribution < 1.29 is 17.9 Å². The van der Waals surface area contributed by atoms with Crippen molar-refractivity contribution in [1.82, 2.24) is 15.0 Å². The minimum Gasteiger partial charge on any atom is -0.383 e. The first-order valence-electron chi connectivity index (χ1n) is 7.29. The van der Waals surface area contributed by atoms with Crippen LogP contribution >= 0.6 is 0 Å². The van der Waals surface area contributed by atoms with E-state index in [4.69, 9.17) is 4.74 Å². The fraction of sp³-hybridized carbons (Fsp3) is 0.250. The van der Waals surface area contributed by atoms with E-state index in [9.17, 15) is 13.2 Å². The van der Waals surface area contributed by atoms with Crippen LogP contribution in [0.2, 0.25) is 0 Å². The summed E-state index contributed by atoms with van der Waals surface area (Å²) in [6, 6.07) is 9.38. The second kappa shape index (κ2) is 8.53. The molecule has 0 unspecified atom stereocenters. The molecule has 0 aliphatic heterocycles. The summed E-state index contributed by atoms with van der Waals surface area (Å²) in [6.07, 6.45) is 3.20. The molecule has 7 nitrogen and oxygen atoms in total. The van der Waals surface area contributed by atoms with Gasteiger partial charge in [-0.2, -0.15) is 0 Å². The molecule has 1 amide bonds. The van der Waals surface area contributed by atoms with Gasteiger partial charge in [0.2, 0.25) is 10.0 Å². The first kappa shape index (κ1) is 18.1. The lowest BCUT2D eigenvalue weighted by Crippen LogP contribution is -2.27. The predicted octanol–water partition coefficient (Wildman–Crippen LogP) is 0.936. The summed E-state index contributed by atoms with van der Waals surface area (Å²) in [5.41, 5.74) is 1.02. The van der Waals surface area contributed by atoms with Crippen molar-refractivity contribution in [1.29, 1.82) is 0 Å². The Bertz CT molecular complexity index is 779. The molecule has 0 spiro atoms. The lowest BCUT2D eigenvalue weighted by molar-refractivity contribution is 0.0937. The summed E-state index contributed by atoms with van der Waals surface area (Å²) in [6.45, 7) is 0.863. The molecular formula is C16H19N3O4S. The number of sulfonamides is 1. The van der Waals surface area contributed by atoms with Gasteiger partial charge in [-0.25, -0.2) is 13.1 Å². The molecule has 24 heavy (non-hydrogen) atoms. The Kier molecular flexibility index (Phi) is 6.42. The van der Waals surface area contributed by atoms with Gasteiger partial charge in [0.05, 0.1) is 11.5 Å². The van der Waals surface area contributed by atoms with Crippen LogP contribution < -0.4 is 10.0 Å². The van der Waals surface area contributed by atoms with Gasteiger partial charge >= 0.3 is 0 Å². The van der Waals surface area contributed by atoms with Crippen LogP contribution in [0.15, 0.2) is 53.7 Å². The summed E-state index contributed by atoms with van der Waals surface area (Å²) in [5, 5.41) is 2.65. The summed E-state index contributed by atoms with van der Waals surface area (Å²) in [5.74, 6) is -0.351. The fourth-order valence-electron chi connectivity index (χ4n) is 1.94. The minimum atomic E-state index is -3.72. The van der Waals surface area contributed by atoms with Gasteiger partial charge in [-0.05, 0) is 29.8 Å². The van der Waals surface area contributed by atoms with Gasteiger partial charge in [0, 0.05) is 38.2 Å². The van der Waals surface area contributed by atoms with Crippen LogP contribution in [0.3, 0.4) is 0 Å². The van der Waals surface area contributed by atoms with E-state index in [1.165, 1.54) is 25.3 Å². The summed E-state index contributed by atoms with van der Waals surface area (Å²) < 4.78 is 32.1. The molecule has 2 N–H and O–H groups in total. The zero-order chi connectivity index (χ0) is 17.4. The number of aromatic nitrogens is 1. The van der Waals surface area contributed by atoms with Gasteiger partial charge in [0.1, 0.15) is 0 Å². The lowest BCUT2D eigenvalue weighted by atomic mass is 10.2. The van der Waals surface area contributed by atoms with E-state index in [1.54, 1.807) is 30.6 Å². The third-order valence-electron chi connectivity index (χ3n) is 3.19. The number of amides is 1. The Morgan fingerprint density at radius 1 is 1.25 bits per heavy atom. The Labute approximate surface area is 141 Å². The molecule has 0 fully saturated rings. The van der Waals surface area contributed by atoms with Crippen LogP contribution in [0.4, 0.5) is 0 Å². The van der Waals surface area contributed by atoms with Crippen molar-refractivity contribution in [2.45, 2.75) is 11.4 Å². The maximum Gasteiger partial charge on any atom is 0.251 e. The predicted molar refractivity (Wildman–Crippen MR) is 88.9 cm³/mol. The van der Waals surface area contributed by atoms with E-state index in [2.05, 4.69) is 15.0 Å². The second-order valence-electron chi connectivity index (χ2n) is 4.96. The van der Waals surface area contributed by atoms with Gasteiger partial charge < -0.3 is 10.1 Å². The Balaban J connectivity index is 2.07. The summed E-state index contributed by atoms with van der Waals surface area (Å²) >= 11 is 0. The van der Waals surface area contributed by atoms with Crippen LogP contribution in [0.25, 0.3) is 0 Å². The van der Waals surface area contributed by atoms with Crippen LogP contribution in [0, 0.1) is 0 Å². The van der Waals surface area contributed by atoms with Crippen molar-refractivity contribution in [2.24, 2.45) is 0 Å². The molecule has 128 valence electrons. The highest BCUT2D eigenvalue weighted by atomic mass is 32.2. The van der Waals surface area contributed by atoms with E-state index >= 15 is 0 Å². The summed E-state index contributed by atoms with van der Waals surface area (Å²) in [7, 11) is -2.19. The lowest BCUT2D eigenvalue weighted by Gasteiger charge is -2.09. The van der Waals surface area contributed by atoms with Crippen molar-refractivity contribution >= 4 is 15.9 Å². The minimum absolute atomic E-state index is 0.0331. The van der Waals surface area contributed by atoms with E-state index in [1.807, 2.05) is 0 Å². The number of benzene rings is 1. The van der Waals surface area contributed by atoms with Crippen molar-refractivity contribution in [2.75, 3.05) is 20.3 Å². The van der Waals surface area contributed by atoms with Crippen molar-refractivity contribution in [3.05, 3.63) is 59.9 Å². The average Bonchev–Trinajstić information content (AvgIpc) is 2.61. The zero-order valence-electron chi connectivity index (χ0n) is 13.2. The molecular weight excluding hydrogens is 330 g/mol. The van der Waals surface area contributed by atoms with Gasteiger partial charge in [-0.3, -0.25) is 9.78 Å². The highest BCUT2D eigenvalue weighted by Gasteiger charge is 2.16. The molecule has 0 aliphatic rings. The van der Waals surface area contributed by atoms with Crippen LogP contribution in [-0.4, -0.2) is 39.6 Å². The number of nitrogens with zero attached hydrogens (tertiary/aromatic N) is 1. The smallest absolute Gasteiger partial charge is 0.251 e. The van der Waals surface area contributed by atoms with Gasteiger partial charge in [-0.1, -0.05) is 12.1 Å². The molecule has 8 heteroatoms. The third kappa shape index (κ3) is 5.12. The van der Waals surface area contributed by atoms with E-state index < -0.39 is 10.0 Å². The molecule has 1 heterocycles. The SMILES string of the molecule is COCCNC(=O)c1cccc(S(=O)(=O)NCc2cccnc2)c1. The number of carbonyl (C=O) groups is 1. The molecule has 0 saturated carbocycles. The van der Waals surface area contributed by atoms with Gasteiger partial charge in [-0.15, -0.1) is 0 Å². The molecule has 1 aromatic heterocycles. The van der Waals surface area contributed by atoms with E-state index in [-0.39, 0.29) is 22.9 Å². The molecule has 0 radical (unpaired) electrons. The van der Waals surface area contributed by atoms with Crippen molar-refractivity contribution in [3.8, 4) is 0 Å². The third-order valence-corrected chi connectivity index (χ3v) is 4.59. The van der Waals surface area contributed by atoms with E-state index in [0.717, 1.165) is 5.56 Å². The number of pyridine rings is 1. The average molecular weight is 349 g/mol. The normalized spacial score (nSPS) is 11.2. The number of nitrogens with one attached hydrogen (secondary N) is 2. The van der Waals surface area contributed by atoms with Crippen LogP contribution in [0.5, 0.6) is 0 Å². The molecule has 0 saturated heterocycles. The first-order valence-corrected chi connectivity index (χ1v) is 8.77. The first-order chi connectivity index (χ1) is 11.5. The van der Waals surface area contributed by atoms with Crippen LogP contribution in [0.1, 0.15) is 15.9 Å². The van der Waals surface area contributed by atoms with Crippen molar-refractivity contribution in [3.63, 3.8) is 0 Å². The molecule has 0 aliphatic carbocycles. The maximum absolute atomic E-state index is 12.4. The molecule has 0 atom stereocenters.